The minimum Gasteiger partial charge on any atom is -0.301 e. The van der Waals surface area contributed by atoms with E-state index in [4.69, 9.17) is 0 Å². The third-order valence-electron chi connectivity index (χ3n) is 5.13. The zero-order valence-electron chi connectivity index (χ0n) is 14.9. The Hall–Kier alpha value is -0.960. The SMILES string of the molecule is CC(C)N1CCC(C#CC#CC2CCN(C(C)C)CC2)CC1. The molecule has 0 amide bonds. The molecule has 0 aromatic heterocycles. The van der Waals surface area contributed by atoms with E-state index in [0.717, 1.165) is 0 Å². The van der Waals surface area contributed by atoms with Crippen LogP contribution < -0.4 is 0 Å². The summed E-state index contributed by atoms with van der Waals surface area (Å²) < 4.78 is 0. The predicted molar refractivity (Wildman–Crippen MR) is 94.4 cm³/mol. The van der Waals surface area contributed by atoms with E-state index in [1.165, 1.54) is 51.9 Å². The van der Waals surface area contributed by atoms with Crippen LogP contribution in [0.25, 0.3) is 0 Å². The molecule has 0 spiro atoms. The van der Waals surface area contributed by atoms with Crippen LogP contribution >= 0.6 is 0 Å². The first-order valence-electron chi connectivity index (χ1n) is 9.05. The van der Waals surface area contributed by atoms with Crippen molar-refractivity contribution >= 4 is 0 Å². The third-order valence-corrected chi connectivity index (χ3v) is 5.13. The summed E-state index contributed by atoms with van der Waals surface area (Å²) in [5, 5.41) is 0. The molecule has 0 bridgehead atoms. The van der Waals surface area contributed by atoms with Crippen molar-refractivity contribution in [3.63, 3.8) is 0 Å². The molecule has 2 heteroatoms. The van der Waals surface area contributed by atoms with Crippen LogP contribution in [0.2, 0.25) is 0 Å². The summed E-state index contributed by atoms with van der Waals surface area (Å²) in [6.07, 6.45) is 4.83. The minimum atomic E-state index is 0.562. The van der Waals surface area contributed by atoms with Gasteiger partial charge in [-0.2, -0.15) is 0 Å². The Morgan fingerprint density at radius 1 is 0.636 bits per heavy atom. The van der Waals surface area contributed by atoms with Crippen molar-refractivity contribution in [2.24, 2.45) is 11.8 Å². The van der Waals surface area contributed by atoms with Crippen LogP contribution in [-0.4, -0.2) is 48.1 Å². The number of nitrogens with zero attached hydrogens (tertiary/aromatic N) is 2. The molecule has 2 heterocycles. The van der Waals surface area contributed by atoms with Crippen molar-refractivity contribution in [3.8, 4) is 23.7 Å². The molecular weight excluding hydrogens is 268 g/mol. The predicted octanol–water partition coefficient (Wildman–Crippen LogP) is 3.23. The van der Waals surface area contributed by atoms with Gasteiger partial charge in [-0.25, -0.2) is 0 Å². The molecule has 2 nitrogen and oxygen atoms in total. The van der Waals surface area contributed by atoms with E-state index in [0.29, 0.717) is 23.9 Å². The first-order chi connectivity index (χ1) is 10.6. The standard InChI is InChI=1S/C20H32N2/c1-17(2)21-13-9-19(10-14-21)7-5-6-8-20-11-15-22(16-12-20)18(3)4/h17-20H,9-16H2,1-4H3. The van der Waals surface area contributed by atoms with Gasteiger partial charge in [-0.15, -0.1) is 0 Å². The highest BCUT2D eigenvalue weighted by atomic mass is 15.2. The fourth-order valence-electron chi connectivity index (χ4n) is 3.40. The lowest BCUT2D eigenvalue weighted by molar-refractivity contribution is 0.167. The molecule has 0 aromatic carbocycles. The lowest BCUT2D eigenvalue weighted by Gasteiger charge is -2.32. The fraction of sp³-hybridized carbons (Fsp3) is 0.800. The van der Waals surface area contributed by atoms with E-state index in [2.05, 4.69) is 61.2 Å². The molecule has 0 unspecified atom stereocenters. The van der Waals surface area contributed by atoms with Crippen LogP contribution in [0.3, 0.4) is 0 Å². The number of rotatable bonds is 2. The average molecular weight is 300 g/mol. The molecule has 0 saturated carbocycles. The minimum absolute atomic E-state index is 0.562. The van der Waals surface area contributed by atoms with E-state index < -0.39 is 0 Å². The number of hydrogen-bond acceptors (Lipinski definition) is 2. The van der Waals surface area contributed by atoms with Gasteiger partial charge in [0, 0.05) is 23.9 Å². The summed E-state index contributed by atoms with van der Waals surface area (Å²) in [5.74, 6) is 14.2. The quantitative estimate of drug-likeness (QED) is 0.722. The van der Waals surface area contributed by atoms with Crippen LogP contribution in [0.15, 0.2) is 0 Å². The topological polar surface area (TPSA) is 6.48 Å². The summed E-state index contributed by atoms with van der Waals surface area (Å²) in [7, 11) is 0. The molecule has 2 aliphatic rings. The molecule has 2 saturated heterocycles. The first kappa shape index (κ1) is 17.4. The van der Waals surface area contributed by atoms with Gasteiger partial charge in [0.2, 0.25) is 0 Å². The van der Waals surface area contributed by atoms with Gasteiger partial charge in [0.15, 0.2) is 0 Å². The van der Waals surface area contributed by atoms with Crippen LogP contribution in [0.5, 0.6) is 0 Å². The van der Waals surface area contributed by atoms with E-state index in [1.807, 2.05) is 0 Å². The lowest BCUT2D eigenvalue weighted by Crippen LogP contribution is -2.38. The monoisotopic (exact) mass is 300 g/mol. The van der Waals surface area contributed by atoms with Gasteiger partial charge in [0.1, 0.15) is 0 Å². The maximum atomic E-state index is 3.39. The van der Waals surface area contributed by atoms with Crippen molar-refractivity contribution in [1.82, 2.24) is 9.80 Å². The van der Waals surface area contributed by atoms with Crippen molar-refractivity contribution in [3.05, 3.63) is 0 Å². The van der Waals surface area contributed by atoms with Crippen molar-refractivity contribution < 1.29 is 0 Å². The zero-order valence-corrected chi connectivity index (χ0v) is 14.9. The molecule has 0 N–H and O–H groups in total. The Labute approximate surface area is 137 Å². The van der Waals surface area contributed by atoms with E-state index in [-0.39, 0.29) is 0 Å². The maximum Gasteiger partial charge on any atom is 0.0237 e. The Morgan fingerprint density at radius 2 is 0.955 bits per heavy atom. The van der Waals surface area contributed by atoms with E-state index in [9.17, 15) is 0 Å². The van der Waals surface area contributed by atoms with Crippen LogP contribution in [-0.2, 0) is 0 Å². The third kappa shape index (κ3) is 5.35. The Bertz CT molecular complexity index is 398. The van der Waals surface area contributed by atoms with Crippen molar-refractivity contribution in [2.75, 3.05) is 26.2 Å². The summed E-state index contributed by atoms with van der Waals surface area (Å²) in [6, 6.07) is 1.34. The first-order valence-corrected chi connectivity index (χ1v) is 9.05. The molecule has 22 heavy (non-hydrogen) atoms. The highest BCUT2D eigenvalue weighted by Crippen LogP contribution is 2.19. The summed E-state index contributed by atoms with van der Waals surface area (Å²) >= 11 is 0. The Balaban J connectivity index is 1.72. The van der Waals surface area contributed by atoms with Crippen LogP contribution in [0.1, 0.15) is 53.4 Å². The van der Waals surface area contributed by atoms with Crippen LogP contribution in [0.4, 0.5) is 0 Å². The normalized spacial score (nSPS) is 22.3. The summed E-state index contributed by atoms with van der Waals surface area (Å²) in [5.41, 5.74) is 0. The molecule has 2 fully saturated rings. The molecule has 0 aromatic rings. The van der Waals surface area contributed by atoms with Gasteiger partial charge in [0.25, 0.3) is 0 Å². The summed E-state index contributed by atoms with van der Waals surface area (Å²) in [6.45, 7) is 13.9. The molecule has 2 aliphatic heterocycles. The van der Waals surface area contributed by atoms with Gasteiger partial charge in [-0.05, 0) is 91.4 Å². The molecule has 0 atom stereocenters. The number of hydrogen-bond donors (Lipinski definition) is 0. The Kier molecular flexibility index (Phi) is 6.81. The van der Waals surface area contributed by atoms with Crippen LogP contribution in [0, 0.1) is 35.5 Å². The van der Waals surface area contributed by atoms with E-state index >= 15 is 0 Å². The molecule has 0 radical (unpaired) electrons. The summed E-state index contributed by atoms with van der Waals surface area (Å²) in [4.78, 5) is 5.10. The lowest BCUT2D eigenvalue weighted by atomic mass is 9.96. The average Bonchev–Trinajstić information content (AvgIpc) is 2.52. The van der Waals surface area contributed by atoms with Gasteiger partial charge in [-0.3, -0.25) is 0 Å². The number of piperidine rings is 2. The van der Waals surface area contributed by atoms with Gasteiger partial charge < -0.3 is 9.80 Å². The van der Waals surface area contributed by atoms with Gasteiger partial charge in [0.05, 0.1) is 0 Å². The van der Waals surface area contributed by atoms with Gasteiger partial charge >= 0.3 is 0 Å². The molecule has 122 valence electrons. The molecule has 2 rings (SSSR count). The van der Waals surface area contributed by atoms with Crippen molar-refractivity contribution in [1.29, 1.82) is 0 Å². The zero-order chi connectivity index (χ0) is 15.9. The van der Waals surface area contributed by atoms with Gasteiger partial charge in [-0.1, -0.05) is 11.8 Å². The Morgan fingerprint density at radius 3 is 1.23 bits per heavy atom. The highest BCUT2D eigenvalue weighted by molar-refractivity contribution is 5.28. The smallest absolute Gasteiger partial charge is 0.0237 e. The fourth-order valence-corrected chi connectivity index (χ4v) is 3.40. The second-order valence-corrected chi connectivity index (χ2v) is 7.35. The number of likely N-dealkylation sites (tertiary alicyclic amines) is 2. The maximum absolute atomic E-state index is 3.39. The van der Waals surface area contributed by atoms with E-state index in [1.54, 1.807) is 0 Å². The largest absolute Gasteiger partial charge is 0.301 e. The molecular formula is C20H32N2. The second kappa shape index (κ2) is 8.61. The van der Waals surface area contributed by atoms with Crippen molar-refractivity contribution in [2.45, 2.75) is 65.5 Å². The highest BCUT2D eigenvalue weighted by Gasteiger charge is 2.20. The molecule has 0 aliphatic carbocycles. The second-order valence-electron chi connectivity index (χ2n) is 7.35.